The minimum absolute atomic E-state index is 0.286. The Balaban J connectivity index is 1.56. The van der Waals surface area contributed by atoms with Gasteiger partial charge >= 0.3 is 6.03 Å². The maximum absolute atomic E-state index is 12.0. The number of amides is 2. The minimum atomic E-state index is -0.286. The largest absolute Gasteiger partial charge is 0.380 e. The van der Waals surface area contributed by atoms with Gasteiger partial charge in [0.2, 0.25) is 0 Å². The van der Waals surface area contributed by atoms with Crippen LogP contribution < -0.4 is 15.5 Å². The van der Waals surface area contributed by atoms with E-state index in [4.69, 9.17) is 16.3 Å². The van der Waals surface area contributed by atoms with E-state index in [0.29, 0.717) is 16.8 Å². The molecule has 0 bridgehead atoms. The van der Waals surface area contributed by atoms with Gasteiger partial charge in [-0.05, 0) is 55.0 Å². The number of halogens is 1. The van der Waals surface area contributed by atoms with E-state index in [9.17, 15) is 4.79 Å². The molecule has 1 unspecified atom stereocenters. The first-order chi connectivity index (χ1) is 11.6. The Hall–Kier alpha value is -2.24. The summed E-state index contributed by atoms with van der Waals surface area (Å²) in [5.74, 6) is 0. The van der Waals surface area contributed by atoms with Crippen LogP contribution in [0, 0.1) is 0 Å². The number of rotatable bonds is 4. The molecule has 5 nitrogen and oxygen atoms in total. The van der Waals surface area contributed by atoms with Gasteiger partial charge in [-0.3, -0.25) is 0 Å². The van der Waals surface area contributed by atoms with Crippen molar-refractivity contribution in [1.29, 1.82) is 0 Å². The number of anilines is 3. The highest BCUT2D eigenvalue weighted by Crippen LogP contribution is 2.23. The number of nitrogens with zero attached hydrogens (tertiary/aromatic N) is 1. The topological polar surface area (TPSA) is 53.6 Å². The van der Waals surface area contributed by atoms with E-state index >= 15 is 0 Å². The lowest BCUT2D eigenvalue weighted by atomic mass is 10.2. The maximum atomic E-state index is 12.0. The number of urea groups is 1. The molecule has 2 N–H and O–H groups in total. The predicted octanol–water partition coefficient (Wildman–Crippen LogP) is 4.21. The maximum Gasteiger partial charge on any atom is 0.323 e. The SMILES string of the molecule is COC1CCN(c2ccc(NC(=O)Nc3ccc(Cl)cc3)cc2)C1. The van der Waals surface area contributed by atoms with Gasteiger partial charge in [-0.1, -0.05) is 11.6 Å². The van der Waals surface area contributed by atoms with Gasteiger partial charge in [-0.25, -0.2) is 4.79 Å². The molecular formula is C18H20ClN3O2. The molecule has 24 heavy (non-hydrogen) atoms. The van der Waals surface area contributed by atoms with E-state index in [1.54, 1.807) is 31.4 Å². The molecular weight excluding hydrogens is 326 g/mol. The lowest BCUT2D eigenvalue weighted by molar-refractivity contribution is 0.121. The van der Waals surface area contributed by atoms with Crippen molar-refractivity contribution in [2.45, 2.75) is 12.5 Å². The standard InChI is InChI=1S/C18H20ClN3O2/c1-24-17-10-11-22(12-17)16-8-6-15(7-9-16)21-18(23)20-14-4-2-13(19)3-5-14/h2-9,17H,10-12H2,1H3,(H2,20,21,23). The molecule has 1 fully saturated rings. The van der Waals surface area contributed by atoms with E-state index in [-0.39, 0.29) is 6.03 Å². The third-order valence-electron chi connectivity index (χ3n) is 4.07. The molecule has 1 saturated heterocycles. The highest BCUT2D eigenvalue weighted by molar-refractivity contribution is 6.30. The Bertz CT molecular complexity index is 688. The third kappa shape index (κ3) is 4.19. The van der Waals surface area contributed by atoms with E-state index in [1.807, 2.05) is 24.3 Å². The summed E-state index contributed by atoms with van der Waals surface area (Å²) in [5.41, 5.74) is 2.57. The van der Waals surface area contributed by atoms with Gasteiger partial charge in [-0.2, -0.15) is 0 Å². The third-order valence-corrected chi connectivity index (χ3v) is 4.32. The summed E-state index contributed by atoms with van der Waals surface area (Å²) in [6.45, 7) is 1.89. The van der Waals surface area contributed by atoms with Crippen LogP contribution in [0.2, 0.25) is 5.02 Å². The number of hydrogen-bond acceptors (Lipinski definition) is 3. The van der Waals surface area contributed by atoms with Crippen molar-refractivity contribution >= 4 is 34.7 Å². The van der Waals surface area contributed by atoms with Crippen LogP contribution in [0.1, 0.15) is 6.42 Å². The first-order valence-corrected chi connectivity index (χ1v) is 8.23. The van der Waals surface area contributed by atoms with Gasteiger partial charge < -0.3 is 20.3 Å². The number of carbonyl (C=O) groups is 1. The summed E-state index contributed by atoms with van der Waals surface area (Å²) in [4.78, 5) is 14.3. The molecule has 0 saturated carbocycles. The van der Waals surface area contributed by atoms with Gasteiger partial charge in [0, 0.05) is 42.3 Å². The molecule has 2 aromatic carbocycles. The fraction of sp³-hybridized carbons (Fsp3) is 0.278. The van der Waals surface area contributed by atoms with Crippen LogP contribution in [0.5, 0.6) is 0 Å². The number of carbonyl (C=O) groups excluding carboxylic acids is 1. The molecule has 1 heterocycles. The molecule has 2 amide bonds. The summed E-state index contributed by atoms with van der Waals surface area (Å²) in [7, 11) is 1.75. The Labute approximate surface area is 146 Å². The van der Waals surface area contributed by atoms with E-state index in [0.717, 1.165) is 30.9 Å². The van der Waals surface area contributed by atoms with Crippen LogP contribution >= 0.6 is 11.6 Å². The van der Waals surface area contributed by atoms with Crippen LogP contribution in [0.25, 0.3) is 0 Å². The fourth-order valence-corrected chi connectivity index (χ4v) is 2.86. The van der Waals surface area contributed by atoms with Crippen LogP contribution in [-0.2, 0) is 4.74 Å². The van der Waals surface area contributed by atoms with Crippen molar-refractivity contribution in [3.8, 4) is 0 Å². The molecule has 0 radical (unpaired) electrons. The van der Waals surface area contributed by atoms with Crippen LogP contribution in [0.3, 0.4) is 0 Å². The minimum Gasteiger partial charge on any atom is -0.380 e. The Morgan fingerprint density at radius 3 is 2.21 bits per heavy atom. The van der Waals surface area contributed by atoms with Crippen molar-refractivity contribution in [3.05, 3.63) is 53.6 Å². The number of hydrogen-bond donors (Lipinski definition) is 2. The van der Waals surface area contributed by atoms with Gasteiger partial charge in [0.05, 0.1) is 6.10 Å². The molecule has 2 aromatic rings. The van der Waals surface area contributed by atoms with E-state index < -0.39 is 0 Å². The molecule has 1 atom stereocenters. The highest BCUT2D eigenvalue weighted by atomic mass is 35.5. The zero-order valence-corrected chi connectivity index (χ0v) is 14.2. The highest BCUT2D eigenvalue weighted by Gasteiger charge is 2.22. The Kier molecular flexibility index (Phi) is 5.23. The molecule has 0 aromatic heterocycles. The lowest BCUT2D eigenvalue weighted by Crippen LogP contribution is -2.22. The van der Waals surface area contributed by atoms with E-state index in [1.165, 1.54) is 0 Å². The average molecular weight is 346 g/mol. The molecule has 3 rings (SSSR count). The summed E-state index contributed by atoms with van der Waals surface area (Å²) < 4.78 is 5.39. The molecule has 0 aliphatic carbocycles. The van der Waals surface area contributed by atoms with Crippen LogP contribution in [0.4, 0.5) is 21.9 Å². The quantitative estimate of drug-likeness (QED) is 0.872. The van der Waals surface area contributed by atoms with Crippen LogP contribution in [-0.4, -0.2) is 32.3 Å². The van der Waals surface area contributed by atoms with Gasteiger partial charge in [-0.15, -0.1) is 0 Å². The molecule has 6 heteroatoms. The predicted molar refractivity (Wildman–Crippen MR) is 98.2 cm³/mol. The van der Waals surface area contributed by atoms with Crippen molar-refractivity contribution in [1.82, 2.24) is 0 Å². The van der Waals surface area contributed by atoms with Gasteiger partial charge in [0.25, 0.3) is 0 Å². The first-order valence-electron chi connectivity index (χ1n) is 7.85. The van der Waals surface area contributed by atoms with Gasteiger partial charge in [0.15, 0.2) is 0 Å². The number of ether oxygens (including phenoxy) is 1. The lowest BCUT2D eigenvalue weighted by Gasteiger charge is -2.18. The second kappa shape index (κ2) is 7.55. The van der Waals surface area contributed by atoms with Crippen molar-refractivity contribution in [3.63, 3.8) is 0 Å². The fourth-order valence-electron chi connectivity index (χ4n) is 2.74. The first kappa shape index (κ1) is 16.6. The molecule has 0 spiro atoms. The number of nitrogens with one attached hydrogen (secondary N) is 2. The Morgan fingerprint density at radius 1 is 1.08 bits per heavy atom. The number of benzene rings is 2. The smallest absolute Gasteiger partial charge is 0.323 e. The Morgan fingerprint density at radius 2 is 1.67 bits per heavy atom. The van der Waals surface area contributed by atoms with Crippen molar-refractivity contribution in [2.24, 2.45) is 0 Å². The summed E-state index contributed by atoms with van der Waals surface area (Å²) in [6, 6.07) is 14.5. The average Bonchev–Trinajstić information content (AvgIpc) is 3.07. The monoisotopic (exact) mass is 345 g/mol. The second-order valence-electron chi connectivity index (χ2n) is 5.73. The summed E-state index contributed by atoms with van der Waals surface area (Å²) >= 11 is 5.82. The molecule has 126 valence electrons. The van der Waals surface area contributed by atoms with Crippen molar-refractivity contribution in [2.75, 3.05) is 35.7 Å². The summed E-state index contributed by atoms with van der Waals surface area (Å²) in [5, 5.41) is 6.22. The zero-order chi connectivity index (χ0) is 16.9. The second-order valence-corrected chi connectivity index (χ2v) is 6.16. The van der Waals surface area contributed by atoms with Gasteiger partial charge in [0.1, 0.15) is 0 Å². The number of methoxy groups -OCH3 is 1. The molecule has 1 aliphatic heterocycles. The summed E-state index contributed by atoms with van der Waals surface area (Å²) in [6.07, 6.45) is 1.34. The zero-order valence-electron chi connectivity index (χ0n) is 13.5. The van der Waals surface area contributed by atoms with E-state index in [2.05, 4.69) is 15.5 Å². The van der Waals surface area contributed by atoms with Crippen molar-refractivity contribution < 1.29 is 9.53 Å². The normalized spacial score (nSPS) is 16.9. The molecule has 1 aliphatic rings. The van der Waals surface area contributed by atoms with Crippen LogP contribution in [0.15, 0.2) is 48.5 Å².